The number of ketones is 1. The van der Waals surface area contributed by atoms with Crippen LogP contribution < -0.4 is 0 Å². The lowest BCUT2D eigenvalue weighted by atomic mass is 10.0. The Morgan fingerprint density at radius 3 is 2.11 bits per heavy atom. The fourth-order valence-electron chi connectivity index (χ4n) is 2.18. The Labute approximate surface area is 114 Å². The van der Waals surface area contributed by atoms with Gasteiger partial charge in [0.1, 0.15) is 5.78 Å². The summed E-state index contributed by atoms with van der Waals surface area (Å²) in [6.45, 7) is 2.92. The number of Topliss-reactive ketones (excluding diaryl/α,β-unsaturated/α-hetero) is 1. The van der Waals surface area contributed by atoms with Crippen molar-refractivity contribution in [3.63, 3.8) is 0 Å². The molecule has 0 aliphatic rings. The number of benzene rings is 2. The number of hydrogen-bond acceptors (Lipinski definition) is 2. The Balaban J connectivity index is 2.05. The zero-order chi connectivity index (χ0) is 13.7. The zero-order valence-electron chi connectivity index (χ0n) is 11.5. The highest BCUT2D eigenvalue weighted by atomic mass is 16.1. The van der Waals surface area contributed by atoms with E-state index in [0.717, 1.165) is 6.54 Å². The first-order chi connectivity index (χ1) is 9.15. The van der Waals surface area contributed by atoms with Crippen LogP contribution in [0.3, 0.4) is 0 Å². The minimum atomic E-state index is 0.198. The van der Waals surface area contributed by atoms with Crippen LogP contribution in [-0.2, 0) is 11.3 Å². The first-order valence-electron chi connectivity index (χ1n) is 6.47. The maximum atomic E-state index is 11.0. The van der Waals surface area contributed by atoms with Crippen LogP contribution in [0.25, 0.3) is 11.1 Å². The summed E-state index contributed by atoms with van der Waals surface area (Å²) >= 11 is 0. The van der Waals surface area contributed by atoms with Gasteiger partial charge in [-0.1, -0.05) is 54.6 Å². The first-order valence-corrected chi connectivity index (χ1v) is 6.47. The van der Waals surface area contributed by atoms with E-state index < -0.39 is 0 Å². The quantitative estimate of drug-likeness (QED) is 0.814. The largest absolute Gasteiger partial charge is 0.299 e. The van der Waals surface area contributed by atoms with Gasteiger partial charge in [-0.05, 0) is 30.7 Å². The Kier molecular flexibility index (Phi) is 4.48. The van der Waals surface area contributed by atoms with E-state index >= 15 is 0 Å². The van der Waals surface area contributed by atoms with Gasteiger partial charge in [0.2, 0.25) is 0 Å². The van der Waals surface area contributed by atoms with Crippen molar-refractivity contribution in [3.8, 4) is 11.1 Å². The Hall–Kier alpha value is -1.93. The number of nitrogens with zero attached hydrogens (tertiary/aromatic N) is 1. The topological polar surface area (TPSA) is 20.3 Å². The molecule has 0 bridgehead atoms. The fourth-order valence-corrected chi connectivity index (χ4v) is 2.18. The molecule has 0 atom stereocenters. The predicted octanol–water partition coefficient (Wildman–Crippen LogP) is 3.37. The summed E-state index contributed by atoms with van der Waals surface area (Å²) in [6.07, 6.45) is 0. The second kappa shape index (κ2) is 6.30. The van der Waals surface area contributed by atoms with Crippen LogP contribution in [-0.4, -0.2) is 24.3 Å². The van der Waals surface area contributed by atoms with Crippen molar-refractivity contribution in [3.05, 3.63) is 60.2 Å². The van der Waals surface area contributed by atoms with Gasteiger partial charge in [-0.25, -0.2) is 0 Å². The maximum Gasteiger partial charge on any atom is 0.143 e. The lowest BCUT2D eigenvalue weighted by molar-refractivity contribution is -0.117. The second-order valence-electron chi connectivity index (χ2n) is 4.94. The molecule has 0 fully saturated rings. The van der Waals surface area contributed by atoms with Gasteiger partial charge in [-0.15, -0.1) is 0 Å². The molecule has 0 aliphatic heterocycles. The molecule has 2 aromatic rings. The van der Waals surface area contributed by atoms with Gasteiger partial charge in [0, 0.05) is 6.54 Å². The van der Waals surface area contributed by atoms with Crippen molar-refractivity contribution < 1.29 is 4.79 Å². The average Bonchev–Trinajstić information content (AvgIpc) is 2.39. The number of carbonyl (C=O) groups excluding carboxylic acids is 1. The summed E-state index contributed by atoms with van der Waals surface area (Å²) in [6, 6.07) is 18.8. The molecule has 19 heavy (non-hydrogen) atoms. The number of hydrogen-bond donors (Lipinski definition) is 0. The van der Waals surface area contributed by atoms with Gasteiger partial charge >= 0.3 is 0 Å². The van der Waals surface area contributed by atoms with Crippen LogP contribution in [0.4, 0.5) is 0 Å². The van der Waals surface area contributed by atoms with Crippen molar-refractivity contribution in [2.75, 3.05) is 13.6 Å². The minimum Gasteiger partial charge on any atom is -0.299 e. The Morgan fingerprint density at radius 1 is 0.947 bits per heavy atom. The maximum absolute atomic E-state index is 11.0. The second-order valence-corrected chi connectivity index (χ2v) is 4.94. The SMILES string of the molecule is CC(=O)CN(C)Cc1ccc(-c2ccccc2)cc1. The minimum absolute atomic E-state index is 0.198. The zero-order valence-corrected chi connectivity index (χ0v) is 11.5. The monoisotopic (exact) mass is 253 g/mol. The molecule has 0 N–H and O–H groups in total. The lowest BCUT2D eigenvalue weighted by Crippen LogP contribution is -2.23. The summed E-state index contributed by atoms with van der Waals surface area (Å²) in [5, 5.41) is 0. The normalized spacial score (nSPS) is 10.7. The molecular formula is C17H19NO. The first kappa shape index (κ1) is 13.5. The fraction of sp³-hybridized carbons (Fsp3) is 0.235. The highest BCUT2D eigenvalue weighted by molar-refractivity contribution is 5.77. The van der Waals surface area contributed by atoms with Crippen molar-refractivity contribution in [1.82, 2.24) is 4.90 Å². The van der Waals surface area contributed by atoms with E-state index in [1.165, 1.54) is 16.7 Å². The van der Waals surface area contributed by atoms with Gasteiger partial charge in [0.25, 0.3) is 0 Å². The number of likely N-dealkylation sites (N-methyl/N-ethyl adjacent to an activating group) is 1. The molecule has 0 spiro atoms. The van der Waals surface area contributed by atoms with E-state index in [1.54, 1.807) is 6.92 Å². The van der Waals surface area contributed by atoms with Crippen molar-refractivity contribution >= 4 is 5.78 Å². The molecule has 0 amide bonds. The summed E-state index contributed by atoms with van der Waals surface area (Å²) in [4.78, 5) is 13.1. The van der Waals surface area contributed by atoms with E-state index in [-0.39, 0.29) is 5.78 Å². The molecule has 0 aromatic heterocycles. The summed E-state index contributed by atoms with van der Waals surface area (Å²) < 4.78 is 0. The van der Waals surface area contributed by atoms with Gasteiger partial charge in [-0.3, -0.25) is 9.69 Å². The molecule has 0 unspecified atom stereocenters. The third kappa shape index (κ3) is 4.04. The van der Waals surface area contributed by atoms with Crippen molar-refractivity contribution in [2.24, 2.45) is 0 Å². The molecule has 0 saturated carbocycles. The standard InChI is InChI=1S/C17H19NO/c1-14(19)12-18(2)13-15-8-10-17(11-9-15)16-6-4-3-5-7-16/h3-11H,12-13H2,1-2H3. The summed E-state index contributed by atoms with van der Waals surface area (Å²) in [5.41, 5.74) is 3.67. The molecule has 0 heterocycles. The lowest BCUT2D eigenvalue weighted by Gasteiger charge is -2.15. The third-order valence-electron chi connectivity index (χ3n) is 3.01. The van der Waals surface area contributed by atoms with Gasteiger partial charge in [-0.2, -0.15) is 0 Å². The molecule has 2 nitrogen and oxygen atoms in total. The molecule has 2 heteroatoms. The predicted molar refractivity (Wildman–Crippen MR) is 78.9 cm³/mol. The van der Waals surface area contributed by atoms with E-state index in [4.69, 9.17) is 0 Å². The Morgan fingerprint density at radius 2 is 1.53 bits per heavy atom. The van der Waals surface area contributed by atoms with E-state index in [1.807, 2.05) is 30.1 Å². The van der Waals surface area contributed by atoms with Gasteiger partial charge in [0.05, 0.1) is 6.54 Å². The molecule has 2 rings (SSSR count). The third-order valence-corrected chi connectivity index (χ3v) is 3.01. The van der Waals surface area contributed by atoms with Crippen LogP contribution in [0.2, 0.25) is 0 Å². The van der Waals surface area contributed by atoms with Gasteiger partial charge in [0.15, 0.2) is 0 Å². The van der Waals surface area contributed by atoms with Crippen molar-refractivity contribution in [1.29, 1.82) is 0 Å². The molecule has 0 saturated heterocycles. The van der Waals surface area contributed by atoms with Crippen molar-refractivity contribution in [2.45, 2.75) is 13.5 Å². The van der Waals surface area contributed by atoms with E-state index in [2.05, 4.69) is 36.4 Å². The summed E-state index contributed by atoms with van der Waals surface area (Å²) in [7, 11) is 1.96. The van der Waals surface area contributed by atoms with E-state index in [9.17, 15) is 4.79 Å². The van der Waals surface area contributed by atoms with Crippen LogP contribution in [0.1, 0.15) is 12.5 Å². The molecule has 2 aromatic carbocycles. The average molecular weight is 253 g/mol. The van der Waals surface area contributed by atoms with Crippen LogP contribution in [0.5, 0.6) is 0 Å². The van der Waals surface area contributed by atoms with Crippen LogP contribution in [0, 0.1) is 0 Å². The summed E-state index contributed by atoms with van der Waals surface area (Å²) in [5.74, 6) is 0.198. The van der Waals surface area contributed by atoms with Crippen LogP contribution >= 0.6 is 0 Å². The number of carbonyl (C=O) groups is 1. The highest BCUT2D eigenvalue weighted by Crippen LogP contribution is 2.19. The Bertz CT molecular complexity index is 531. The molecular weight excluding hydrogens is 234 g/mol. The highest BCUT2D eigenvalue weighted by Gasteiger charge is 2.03. The molecule has 0 aliphatic carbocycles. The van der Waals surface area contributed by atoms with Crippen LogP contribution in [0.15, 0.2) is 54.6 Å². The smallest absolute Gasteiger partial charge is 0.143 e. The molecule has 0 radical (unpaired) electrons. The van der Waals surface area contributed by atoms with E-state index in [0.29, 0.717) is 6.54 Å². The number of rotatable bonds is 5. The van der Waals surface area contributed by atoms with Gasteiger partial charge < -0.3 is 0 Å². The molecule has 98 valence electrons.